The lowest BCUT2D eigenvalue weighted by atomic mass is 9.91. The van der Waals surface area contributed by atoms with E-state index >= 15 is 0 Å². The highest BCUT2D eigenvalue weighted by molar-refractivity contribution is 7.90. The van der Waals surface area contributed by atoms with E-state index in [-0.39, 0.29) is 30.4 Å². The van der Waals surface area contributed by atoms with Crippen molar-refractivity contribution >= 4 is 15.7 Å². The molecule has 5 rings (SSSR count). The number of sulfone groups is 1. The molecule has 38 heavy (non-hydrogen) atoms. The van der Waals surface area contributed by atoms with E-state index in [1.165, 1.54) is 25.0 Å². The zero-order valence-electron chi connectivity index (χ0n) is 20.9. The predicted molar refractivity (Wildman–Crippen MR) is 135 cm³/mol. The number of carbonyl (C=O) groups excluding carboxylic acids is 1. The number of benzene rings is 2. The molecule has 0 spiro atoms. The zero-order chi connectivity index (χ0) is 27.1. The molecule has 2 heterocycles. The summed E-state index contributed by atoms with van der Waals surface area (Å²) in [6, 6.07) is 8.22. The fourth-order valence-electron chi connectivity index (χ4n) is 4.65. The van der Waals surface area contributed by atoms with Crippen molar-refractivity contribution < 1.29 is 31.1 Å². The summed E-state index contributed by atoms with van der Waals surface area (Å²) >= 11 is 0. The first-order valence-corrected chi connectivity index (χ1v) is 14.5. The maximum atomic E-state index is 13.0. The van der Waals surface area contributed by atoms with Crippen molar-refractivity contribution in [2.24, 2.45) is 5.92 Å². The Morgan fingerprint density at radius 1 is 1.13 bits per heavy atom. The Morgan fingerprint density at radius 3 is 2.53 bits per heavy atom. The van der Waals surface area contributed by atoms with Crippen LogP contribution in [-0.4, -0.2) is 47.6 Å². The molecule has 7 nitrogen and oxygen atoms in total. The van der Waals surface area contributed by atoms with Gasteiger partial charge in [0, 0.05) is 49.6 Å². The van der Waals surface area contributed by atoms with Gasteiger partial charge in [0.1, 0.15) is 21.3 Å². The van der Waals surface area contributed by atoms with Crippen LogP contribution in [-0.2, 0) is 40.3 Å². The molecule has 0 unspecified atom stereocenters. The van der Waals surface area contributed by atoms with E-state index in [0.717, 1.165) is 47.2 Å². The number of hydrogen-bond acceptors (Lipinski definition) is 5. The summed E-state index contributed by atoms with van der Waals surface area (Å²) in [6.45, 7) is 1.54. The minimum absolute atomic E-state index is 0.0927. The van der Waals surface area contributed by atoms with Crippen molar-refractivity contribution in [3.63, 3.8) is 0 Å². The van der Waals surface area contributed by atoms with Gasteiger partial charge in [-0.25, -0.2) is 8.42 Å². The van der Waals surface area contributed by atoms with Gasteiger partial charge >= 0.3 is 6.18 Å². The van der Waals surface area contributed by atoms with Crippen LogP contribution >= 0.6 is 0 Å². The third-order valence-corrected chi connectivity index (χ3v) is 7.83. The van der Waals surface area contributed by atoms with E-state index in [0.29, 0.717) is 24.6 Å². The number of halogens is 3. The van der Waals surface area contributed by atoms with Gasteiger partial charge in [0.25, 0.3) is 0 Å². The second-order valence-electron chi connectivity index (χ2n) is 10.0. The minimum Gasteiger partial charge on any atom is -0.457 e. The van der Waals surface area contributed by atoms with Gasteiger partial charge in [0.15, 0.2) is 0 Å². The van der Waals surface area contributed by atoms with E-state index in [2.05, 4.69) is 5.10 Å². The van der Waals surface area contributed by atoms with Gasteiger partial charge in [-0.2, -0.15) is 18.3 Å². The van der Waals surface area contributed by atoms with Crippen LogP contribution in [0.25, 0.3) is 11.1 Å². The molecule has 0 saturated heterocycles. The number of rotatable bonds is 8. The topological polar surface area (TPSA) is 81.5 Å². The predicted octanol–water partition coefficient (Wildman–Crippen LogP) is 5.09. The van der Waals surface area contributed by atoms with Gasteiger partial charge in [-0.05, 0) is 66.6 Å². The normalized spacial score (nSPS) is 15.8. The molecule has 1 aliphatic heterocycles. The van der Waals surface area contributed by atoms with Gasteiger partial charge in [-0.1, -0.05) is 6.07 Å². The molecule has 3 aromatic rings. The van der Waals surface area contributed by atoms with Crippen molar-refractivity contribution in [2.45, 2.75) is 44.9 Å². The monoisotopic (exact) mass is 547 g/mol. The number of alkyl halides is 3. The Balaban J connectivity index is 1.48. The Bertz CT molecular complexity index is 1450. The Kier molecular flexibility index (Phi) is 6.97. The molecule has 1 fully saturated rings. The molecule has 1 aromatic heterocycles. The molecule has 1 saturated carbocycles. The van der Waals surface area contributed by atoms with Crippen molar-refractivity contribution in [1.29, 1.82) is 0 Å². The summed E-state index contributed by atoms with van der Waals surface area (Å²) in [5.74, 6) is 0.845. The van der Waals surface area contributed by atoms with Crippen LogP contribution in [0.3, 0.4) is 0 Å². The smallest absolute Gasteiger partial charge is 0.416 e. The Hall–Kier alpha value is -3.34. The van der Waals surface area contributed by atoms with E-state index in [4.69, 9.17) is 4.74 Å². The van der Waals surface area contributed by atoms with Crippen LogP contribution in [0.4, 0.5) is 13.2 Å². The van der Waals surface area contributed by atoms with Crippen LogP contribution < -0.4 is 4.74 Å². The van der Waals surface area contributed by atoms with E-state index < -0.39 is 21.6 Å². The quantitative estimate of drug-likeness (QED) is 0.393. The molecule has 2 aromatic carbocycles. The molecule has 0 N–H and O–H groups in total. The number of ether oxygens (including phenoxy) is 1. The highest BCUT2D eigenvalue weighted by Crippen LogP contribution is 2.41. The number of fused-ring (bicyclic) bond motifs is 1. The third kappa shape index (κ3) is 6.20. The molecule has 202 valence electrons. The molecular weight excluding hydrogens is 519 g/mol. The van der Waals surface area contributed by atoms with Crippen molar-refractivity contribution in [3.05, 3.63) is 65.5 Å². The highest BCUT2D eigenvalue weighted by Gasteiger charge is 2.31. The van der Waals surface area contributed by atoms with Crippen LogP contribution in [0.15, 0.2) is 48.8 Å². The SMILES string of the molecule is CS(=O)(=O)CCC(=O)N1CCc2ccc(Oc3ccc(C(F)(F)F)cc3)c(-c3cnn(CC4CC4)c3)c2C1. The lowest BCUT2D eigenvalue weighted by Gasteiger charge is -2.31. The summed E-state index contributed by atoms with van der Waals surface area (Å²) < 4.78 is 70.2. The first-order valence-electron chi connectivity index (χ1n) is 12.4. The average molecular weight is 548 g/mol. The fraction of sp³-hybridized carbons (Fsp3) is 0.407. The summed E-state index contributed by atoms with van der Waals surface area (Å²) in [7, 11) is -3.27. The molecule has 0 radical (unpaired) electrons. The second kappa shape index (κ2) is 10.1. The number of carbonyl (C=O) groups is 1. The van der Waals surface area contributed by atoms with Crippen molar-refractivity contribution in [1.82, 2.24) is 14.7 Å². The summed E-state index contributed by atoms with van der Waals surface area (Å²) in [4.78, 5) is 14.5. The summed E-state index contributed by atoms with van der Waals surface area (Å²) in [5, 5.41) is 4.51. The fourth-order valence-corrected chi connectivity index (χ4v) is 5.20. The van der Waals surface area contributed by atoms with Gasteiger partial charge in [-0.3, -0.25) is 9.48 Å². The van der Waals surface area contributed by atoms with E-state index in [1.54, 1.807) is 17.2 Å². The first kappa shape index (κ1) is 26.3. The molecule has 0 bridgehead atoms. The van der Waals surface area contributed by atoms with Crippen molar-refractivity contribution in [3.8, 4) is 22.6 Å². The largest absolute Gasteiger partial charge is 0.457 e. The van der Waals surface area contributed by atoms with Crippen LogP contribution in [0.1, 0.15) is 36.0 Å². The van der Waals surface area contributed by atoms with E-state index in [1.807, 2.05) is 16.9 Å². The number of aromatic nitrogens is 2. The second-order valence-corrected chi connectivity index (χ2v) is 12.3. The molecule has 1 amide bonds. The van der Waals surface area contributed by atoms with Crippen molar-refractivity contribution in [2.75, 3.05) is 18.6 Å². The first-order chi connectivity index (χ1) is 18.0. The highest BCUT2D eigenvalue weighted by atomic mass is 32.2. The number of nitrogens with zero attached hydrogens (tertiary/aromatic N) is 3. The number of hydrogen-bond donors (Lipinski definition) is 0. The maximum absolute atomic E-state index is 13.0. The standard InChI is InChI=1S/C27H28F3N3O4S/c1-38(35,36)13-11-25(34)32-12-10-19-4-9-24(37-22-7-5-21(6-8-22)27(28,29)30)26(23(19)17-32)20-14-31-33(16-20)15-18-2-3-18/h4-9,14,16,18H,2-3,10-13,15,17H2,1H3. The molecule has 11 heteroatoms. The molecular formula is C27H28F3N3O4S. The molecule has 1 aliphatic carbocycles. The molecule has 2 aliphatic rings. The maximum Gasteiger partial charge on any atom is 0.416 e. The average Bonchev–Trinajstić information content (AvgIpc) is 3.56. The summed E-state index contributed by atoms with van der Waals surface area (Å²) in [6.07, 6.45) is 3.16. The lowest BCUT2D eigenvalue weighted by Crippen LogP contribution is -2.37. The zero-order valence-corrected chi connectivity index (χ0v) is 21.7. The lowest BCUT2D eigenvalue weighted by molar-refractivity contribution is -0.137. The third-order valence-electron chi connectivity index (χ3n) is 6.88. The van der Waals surface area contributed by atoms with E-state index in [9.17, 15) is 26.4 Å². The Morgan fingerprint density at radius 2 is 1.87 bits per heavy atom. The van der Waals surface area contributed by atoms with Crippen LogP contribution in [0.2, 0.25) is 0 Å². The Labute approximate surface area is 219 Å². The summed E-state index contributed by atoms with van der Waals surface area (Å²) in [5.41, 5.74) is 2.64. The van der Waals surface area contributed by atoms with Gasteiger partial charge in [0.2, 0.25) is 5.91 Å². The van der Waals surface area contributed by atoms with Gasteiger partial charge in [-0.15, -0.1) is 0 Å². The molecule has 0 atom stereocenters. The minimum atomic E-state index is -4.45. The van der Waals surface area contributed by atoms with Gasteiger partial charge < -0.3 is 9.64 Å². The van der Waals surface area contributed by atoms with Crippen LogP contribution in [0, 0.1) is 5.92 Å². The van der Waals surface area contributed by atoms with Crippen LogP contribution in [0.5, 0.6) is 11.5 Å². The number of amides is 1. The van der Waals surface area contributed by atoms with Gasteiger partial charge in [0.05, 0.1) is 17.5 Å².